The van der Waals surface area contributed by atoms with Crippen molar-refractivity contribution in [1.29, 1.82) is 0 Å². The summed E-state index contributed by atoms with van der Waals surface area (Å²) in [6.07, 6.45) is 1.82. The van der Waals surface area contributed by atoms with Crippen molar-refractivity contribution in [3.8, 4) is 11.3 Å². The van der Waals surface area contributed by atoms with Crippen LogP contribution in [0.1, 0.15) is 5.56 Å². The van der Waals surface area contributed by atoms with E-state index in [2.05, 4.69) is 21.6 Å². The van der Waals surface area contributed by atoms with E-state index < -0.39 is 0 Å². The second-order valence-electron chi connectivity index (χ2n) is 5.87. The summed E-state index contributed by atoms with van der Waals surface area (Å²) in [6, 6.07) is 26.1. The lowest BCUT2D eigenvalue weighted by molar-refractivity contribution is 1.28. The number of hydrazone groups is 1. The molecule has 0 atom stereocenters. The first-order valence-electron chi connectivity index (χ1n) is 8.60. The number of hydrogen-bond donors (Lipinski definition) is 1. The Morgan fingerprint density at radius 2 is 1.68 bits per heavy atom. The van der Waals surface area contributed by atoms with Crippen LogP contribution < -0.4 is 5.43 Å². The zero-order chi connectivity index (χ0) is 19.2. The molecule has 0 saturated heterocycles. The molecule has 0 radical (unpaired) electrons. The number of benzene rings is 3. The molecule has 0 saturated carbocycles. The first-order valence-corrected chi connectivity index (χ1v) is 10.7. The van der Waals surface area contributed by atoms with Crippen LogP contribution in [-0.2, 0) is 0 Å². The van der Waals surface area contributed by atoms with Gasteiger partial charge in [-0.3, -0.25) is 5.43 Å². The quantitative estimate of drug-likeness (QED) is 0.267. The molecule has 4 aromatic rings. The maximum Gasteiger partial charge on any atom is 0.203 e. The van der Waals surface area contributed by atoms with E-state index in [1.807, 2.05) is 84.4 Å². The Labute approximate surface area is 177 Å². The molecule has 0 aliphatic carbocycles. The van der Waals surface area contributed by atoms with E-state index in [4.69, 9.17) is 11.6 Å². The number of aromatic nitrogens is 1. The molecule has 0 aliphatic rings. The largest absolute Gasteiger partial charge is 0.253 e. The van der Waals surface area contributed by atoms with Crippen LogP contribution in [0, 0.1) is 0 Å². The minimum Gasteiger partial charge on any atom is -0.253 e. The summed E-state index contributed by atoms with van der Waals surface area (Å²) in [5.41, 5.74) is 6.11. The van der Waals surface area contributed by atoms with Gasteiger partial charge in [0, 0.05) is 31.3 Å². The van der Waals surface area contributed by atoms with Crippen molar-refractivity contribution in [2.24, 2.45) is 5.10 Å². The zero-order valence-corrected chi connectivity index (χ0v) is 17.1. The summed E-state index contributed by atoms with van der Waals surface area (Å²) in [7, 11) is 0. The summed E-state index contributed by atoms with van der Waals surface area (Å²) in [5.74, 6) is 0. The van der Waals surface area contributed by atoms with Crippen molar-refractivity contribution in [1.82, 2.24) is 4.98 Å². The Kier molecular flexibility index (Phi) is 6.07. The average Bonchev–Trinajstić information content (AvgIpc) is 3.21. The summed E-state index contributed by atoms with van der Waals surface area (Å²) < 4.78 is 0. The van der Waals surface area contributed by atoms with Gasteiger partial charge >= 0.3 is 0 Å². The fraction of sp³-hybridized carbons (Fsp3) is 0. The molecule has 1 heterocycles. The molecule has 0 fully saturated rings. The first kappa shape index (κ1) is 18.7. The van der Waals surface area contributed by atoms with Crippen molar-refractivity contribution in [2.45, 2.75) is 9.79 Å². The van der Waals surface area contributed by atoms with E-state index in [0.717, 1.165) is 36.8 Å². The van der Waals surface area contributed by atoms with Crippen LogP contribution in [0.2, 0.25) is 5.02 Å². The maximum atomic E-state index is 5.97. The average molecular weight is 422 g/mol. The molecule has 0 bridgehead atoms. The van der Waals surface area contributed by atoms with E-state index in [1.54, 1.807) is 11.8 Å². The molecule has 3 nitrogen and oxygen atoms in total. The smallest absolute Gasteiger partial charge is 0.203 e. The highest BCUT2D eigenvalue weighted by Crippen LogP contribution is 2.30. The molecule has 0 amide bonds. The predicted molar refractivity (Wildman–Crippen MR) is 121 cm³/mol. The third-order valence-electron chi connectivity index (χ3n) is 3.90. The van der Waals surface area contributed by atoms with E-state index >= 15 is 0 Å². The third kappa shape index (κ3) is 4.81. The Balaban J connectivity index is 1.45. The Bertz CT molecular complexity index is 1080. The Hall–Kier alpha value is -2.60. The molecule has 6 heteroatoms. The molecule has 1 N–H and O–H groups in total. The maximum absolute atomic E-state index is 5.97. The minimum absolute atomic E-state index is 0.738. The van der Waals surface area contributed by atoms with Crippen LogP contribution in [0.25, 0.3) is 11.3 Å². The number of hydrogen-bond acceptors (Lipinski definition) is 5. The van der Waals surface area contributed by atoms with Crippen LogP contribution in [0.15, 0.2) is 99.1 Å². The molecule has 28 heavy (non-hydrogen) atoms. The highest BCUT2D eigenvalue weighted by Gasteiger charge is 2.04. The lowest BCUT2D eigenvalue weighted by Crippen LogP contribution is -1.92. The molecular weight excluding hydrogens is 406 g/mol. The van der Waals surface area contributed by atoms with Gasteiger partial charge in [-0.2, -0.15) is 5.10 Å². The normalized spacial score (nSPS) is 11.0. The number of nitrogens with zero attached hydrogens (tertiary/aromatic N) is 2. The molecule has 4 rings (SSSR count). The number of rotatable bonds is 6. The number of nitrogens with one attached hydrogen (secondary N) is 1. The van der Waals surface area contributed by atoms with Gasteiger partial charge < -0.3 is 0 Å². The Morgan fingerprint density at radius 1 is 0.929 bits per heavy atom. The van der Waals surface area contributed by atoms with E-state index in [0.29, 0.717) is 0 Å². The van der Waals surface area contributed by atoms with Crippen molar-refractivity contribution in [2.75, 3.05) is 5.43 Å². The molecule has 3 aromatic carbocycles. The molecule has 138 valence electrons. The van der Waals surface area contributed by atoms with E-state index in [9.17, 15) is 0 Å². The predicted octanol–water partition coefficient (Wildman–Crippen LogP) is 7.06. The molecule has 0 aliphatic heterocycles. The summed E-state index contributed by atoms with van der Waals surface area (Å²) >= 11 is 9.18. The van der Waals surface area contributed by atoms with Crippen LogP contribution in [-0.4, -0.2) is 11.2 Å². The van der Waals surface area contributed by atoms with Gasteiger partial charge in [0.05, 0.1) is 11.9 Å². The van der Waals surface area contributed by atoms with E-state index in [-0.39, 0.29) is 0 Å². The lowest BCUT2D eigenvalue weighted by Gasteiger charge is -2.05. The SMILES string of the molecule is Clc1ccc(Sc2ccccc2C=NNc2nc(-c3ccccc3)cs2)cc1. The third-order valence-corrected chi connectivity index (χ3v) is 6.00. The van der Waals surface area contributed by atoms with Gasteiger partial charge in [-0.25, -0.2) is 4.98 Å². The second-order valence-corrected chi connectivity index (χ2v) is 8.28. The van der Waals surface area contributed by atoms with Gasteiger partial charge in [0.25, 0.3) is 0 Å². The number of anilines is 1. The topological polar surface area (TPSA) is 37.3 Å². The van der Waals surface area contributed by atoms with Crippen molar-refractivity contribution >= 4 is 46.0 Å². The molecule has 1 aromatic heterocycles. The summed E-state index contributed by atoms with van der Waals surface area (Å²) in [4.78, 5) is 6.84. The highest BCUT2D eigenvalue weighted by molar-refractivity contribution is 7.99. The van der Waals surface area contributed by atoms with Gasteiger partial charge in [0.15, 0.2) is 0 Å². The van der Waals surface area contributed by atoms with Crippen LogP contribution in [0.5, 0.6) is 0 Å². The Morgan fingerprint density at radius 3 is 2.50 bits per heavy atom. The van der Waals surface area contributed by atoms with Gasteiger partial charge in [-0.1, -0.05) is 71.9 Å². The number of thiazole rings is 1. The minimum atomic E-state index is 0.738. The lowest BCUT2D eigenvalue weighted by atomic mass is 10.2. The van der Waals surface area contributed by atoms with Crippen LogP contribution >= 0.6 is 34.7 Å². The molecule has 0 spiro atoms. The standard InChI is InChI=1S/C22H16ClN3S2/c23-18-10-12-19(13-11-18)28-21-9-5-4-8-17(21)14-24-26-22-25-20(15-27-22)16-6-2-1-3-7-16/h1-15H,(H,25,26). The first-order chi connectivity index (χ1) is 13.8. The summed E-state index contributed by atoms with van der Waals surface area (Å²) in [6.45, 7) is 0. The van der Waals surface area contributed by atoms with Crippen molar-refractivity contribution in [3.05, 3.63) is 94.8 Å². The highest BCUT2D eigenvalue weighted by atomic mass is 35.5. The fourth-order valence-electron chi connectivity index (χ4n) is 2.53. The van der Waals surface area contributed by atoms with Crippen LogP contribution in [0.3, 0.4) is 0 Å². The number of halogens is 1. The van der Waals surface area contributed by atoms with Crippen molar-refractivity contribution < 1.29 is 0 Å². The van der Waals surface area contributed by atoms with Gasteiger partial charge in [-0.15, -0.1) is 11.3 Å². The van der Waals surface area contributed by atoms with Crippen LogP contribution in [0.4, 0.5) is 5.13 Å². The monoisotopic (exact) mass is 421 g/mol. The fourth-order valence-corrected chi connectivity index (χ4v) is 4.24. The zero-order valence-electron chi connectivity index (χ0n) is 14.7. The van der Waals surface area contributed by atoms with Crippen molar-refractivity contribution in [3.63, 3.8) is 0 Å². The van der Waals surface area contributed by atoms with E-state index in [1.165, 1.54) is 11.3 Å². The van der Waals surface area contributed by atoms with Gasteiger partial charge in [0.1, 0.15) is 0 Å². The molecular formula is C22H16ClN3S2. The molecule has 0 unspecified atom stereocenters. The van der Waals surface area contributed by atoms with Gasteiger partial charge in [-0.05, 0) is 30.3 Å². The second kappa shape index (κ2) is 9.06. The van der Waals surface area contributed by atoms with Gasteiger partial charge in [0.2, 0.25) is 5.13 Å². The summed E-state index contributed by atoms with van der Waals surface area (Å²) in [5, 5.41) is 7.90.